The summed E-state index contributed by atoms with van der Waals surface area (Å²) in [5, 5.41) is 11.1. The number of H-pyrrole nitrogens is 2. The normalized spacial score (nSPS) is 10.0. The van der Waals surface area contributed by atoms with Crippen LogP contribution in [-0.2, 0) is 0 Å². The van der Waals surface area contributed by atoms with Crippen molar-refractivity contribution in [2.45, 2.75) is 0 Å². The first-order valence-corrected chi connectivity index (χ1v) is 4.71. The van der Waals surface area contributed by atoms with Crippen molar-refractivity contribution in [1.29, 1.82) is 0 Å². The zero-order valence-corrected chi connectivity index (χ0v) is 8.80. The van der Waals surface area contributed by atoms with Gasteiger partial charge in [0.05, 0.1) is 0 Å². The number of hydrogen-bond donors (Lipinski definition) is 4. The fourth-order valence-electron chi connectivity index (χ4n) is 1.22. The van der Waals surface area contributed by atoms with Gasteiger partial charge in [-0.3, -0.25) is 4.79 Å². The van der Waals surface area contributed by atoms with E-state index in [1.54, 1.807) is 0 Å². The number of aromatic nitrogens is 4. The Kier molecular flexibility index (Phi) is 2.87. The van der Waals surface area contributed by atoms with E-state index >= 15 is 0 Å². The van der Waals surface area contributed by atoms with Crippen LogP contribution in [0, 0.1) is 0 Å². The number of carbonyl (C=O) groups is 2. The minimum Gasteiger partial charge on any atom is -0.476 e. The van der Waals surface area contributed by atoms with E-state index < -0.39 is 17.6 Å². The summed E-state index contributed by atoms with van der Waals surface area (Å²) in [5.41, 5.74) is -0.969. The molecule has 0 atom stereocenters. The first-order chi connectivity index (χ1) is 8.58. The van der Waals surface area contributed by atoms with Gasteiger partial charge in [-0.05, 0) is 0 Å². The van der Waals surface area contributed by atoms with Crippen molar-refractivity contribution in [3.05, 3.63) is 40.5 Å². The lowest BCUT2D eigenvalue weighted by atomic mass is 10.3. The fourth-order valence-corrected chi connectivity index (χ4v) is 1.22. The predicted molar refractivity (Wildman–Crippen MR) is 58.4 cm³/mol. The molecule has 0 spiro atoms. The van der Waals surface area contributed by atoms with Crippen LogP contribution in [-0.4, -0.2) is 36.9 Å². The third kappa shape index (κ3) is 2.24. The van der Waals surface area contributed by atoms with Crippen LogP contribution in [0.1, 0.15) is 21.0 Å². The highest BCUT2D eigenvalue weighted by atomic mass is 16.4. The summed E-state index contributed by atoms with van der Waals surface area (Å²) in [6, 6.07) is 0. The summed E-state index contributed by atoms with van der Waals surface area (Å²) in [5.74, 6) is -2.21. The second-order valence-electron chi connectivity index (χ2n) is 3.17. The molecular formula is C9H7N5O4. The van der Waals surface area contributed by atoms with Crippen LogP contribution < -0.4 is 11.0 Å². The van der Waals surface area contributed by atoms with E-state index in [0.29, 0.717) is 0 Å². The molecule has 2 aromatic rings. The van der Waals surface area contributed by atoms with E-state index in [-0.39, 0.29) is 17.2 Å². The number of nitrogens with one attached hydrogen (secondary N) is 3. The van der Waals surface area contributed by atoms with Gasteiger partial charge >= 0.3 is 11.7 Å². The van der Waals surface area contributed by atoms with Crippen molar-refractivity contribution < 1.29 is 14.7 Å². The average Bonchev–Trinajstić information content (AvgIpc) is 2.76. The van der Waals surface area contributed by atoms with E-state index in [1.807, 2.05) is 0 Å². The number of carbonyl (C=O) groups excluding carboxylic acids is 1. The molecule has 4 N–H and O–H groups in total. The zero-order valence-electron chi connectivity index (χ0n) is 8.80. The topological polar surface area (TPSA) is 141 Å². The van der Waals surface area contributed by atoms with Crippen molar-refractivity contribution in [1.82, 2.24) is 19.9 Å². The molecule has 0 bridgehead atoms. The molecule has 0 aliphatic carbocycles. The number of rotatable bonds is 3. The second-order valence-corrected chi connectivity index (χ2v) is 3.17. The molecule has 9 nitrogen and oxygen atoms in total. The summed E-state index contributed by atoms with van der Waals surface area (Å²) in [4.78, 5) is 45.0. The maximum absolute atomic E-state index is 11.6. The van der Waals surface area contributed by atoms with Crippen molar-refractivity contribution in [3.63, 3.8) is 0 Å². The molecule has 1 amide bonds. The zero-order chi connectivity index (χ0) is 13.1. The molecule has 9 heteroatoms. The van der Waals surface area contributed by atoms with E-state index in [0.717, 1.165) is 6.20 Å². The van der Waals surface area contributed by atoms with Crippen LogP contribution >= 0.6 is 0 Å². The maximum atomic E-state index is 11.6. The summed E-state index contributed by atoms with van der Waals surface area (Å²) >= 11 is 0. The lowest BCUT2D eigenvalue weighted by molar-refractivity contribution is 0.0691. The number of aromatic amines is 2. The molecule has 0 unspecified atom stereocenters. The van der Waals surface area contributed by atoms with Crippen LogP contribution in [0.2, 0.25) is 0 Å². The van der Waals surface area contributed by atoms with E-state index in [2.05, 4.69) is 25.3 Å². The fraction of sp³-hybridized carbons (Fsp3) is 0. The van der Waals surface area contributed by atoms with Crippen LogP contribution in [0.3, 0.4) is 0 Å². The molecule has 0 radical (unpaired) electrons. The van der Waals surface area contributed by atoms with Crippen LogP contribution in [0.5, 0.6) is 0 Å². The van der Waals surface area contributed by atoms with Crippen molar-refractivity contribution in [2.24, 2.45) is 0 Å². The molecule has 0 saturated heterocycles. The Balaban J connectivity index is 2.27. The molecule has 2 rings (SSSR count). The minimum atomic E-state index is -1.32. The van der Waals surface area contributed by atoms with Gasteiger partial charge in [0.25, 0.3) is 5.91 Å². The average molecular weight is 249 g/mol. The molecule has 0 aliphatic rings. The number of carboxylic acid groups (broad SMARTS) is 1. The van der Waals surface area contributed by atoms with Gasteiger partial charge in [-0.1, -0.05) is 0 Å². The van der Waals surface area contributed by atoms with Gasteiger partial charge in [-0.2, -0.15) is 0 Å². The Hall–Kier alpha value is -2.97. The summed E-state index contributed by atoms with van der Waals surface area (Å²) in [6.45, 7) is 0. The smallest absolute Gasteiger partial charge is 0.358 e. The lowest BCUT2D eigenvalue weighted by Crippen LogP contribution is -2.18. The van der Waals surface area contributed by atoms with Crippen LogP contribution in [0.4, 0.5) is 5.82 Å². The number of aromatic carboxylic acids is 1. The number of amides is 1. The van der Waals surface area contributed by atoms with Gasteiger partial charge in [-0.15, -0.1) is 0 Å². The van der Waals surface area contributed by atoms with Crippen LogP contribution in [0.25, 0.3) is 0 Å². The van der Waals surface area contributed by atoms with Crippen molar-refractivity contribution in [2.75, 3.05) is 5.32 Å². The molecule has 0 fully saturated rings. The molecule has 0 aliphatic heterocycles. The first kappa shape index (κ1) is 11.5. The monoisotopic (exact) mass is 249 g/mol. The maximum Gasteiger partial charge on any atom is 0.358 e. The summed E-state index contributed by atoms with van der Waals surface area (Å²) in [7, 11) is 0. The van der Waals surface area contributed by atoms with Gasteiger partial charge in [0, 0.05) is 18.6 Å². The first-order valence-electron chi connectivity index (χ1n) is 4.71. The van der Waals surface area contributed by atoms with Gasteiger partial charge in [-0.25, -0.2) is 19.6 Å². The van der Waals surface area contributed by atoms with Gasteiger partial charge < -0.3 is 20.4 Å². The molecule has 0 saturated carbocycles. The second kappa shape index (κ2) is 4.49. The minimum absolute atomic E-state index is 0.0398. The molecule has 2 aromatic heterocycles. The molecule has 18 heavy (non-hydrogen) atoms. The standard InChI is InChI=1S/C9H7N5O4/c15-7(4-3-12-9(18)13-4)14-6-5(8(16)17)10-1-2-11-6/h1-3H,(H,16,17)(H,11,14,15)(H2,12,13,18). The third-order valence-corrected chi connectivity index (χ3v) is 1.97. The van der Waals surface area contributed by atoms with Gasteiger partial charge in [0.1, 0.15) is 5.69 Å². The highest BCUT2D eigenvalue weighted by molar-refractivity contribution is 6.05. The quantitative estimate of drug-likeness (QED) is 0.574. The molecule has 0 aromatic carbocycles. The highest BCUT2D eigenvalue weighted by Gasteiger charge is 2.16. The number of hydrogen-bond acceptors (Lipinski definition) is 5. The SMILES string of the molecule is O=C(Nc1nccnc1C(=O)O)c1c[nH]c(=O)[nH]1. The Morgan fingerprint density at radius 3 is 2.61 bits per heavy atom. The molecule has 92 valence electrons. The van der Waals surface area contributed by atoms with Crippen molar-refractivity contribution in [3.8, 4) is 0 Å². The highest BCUT2D eigenvalue weighted by Crippen LogP contribution is 2.08. The number of imidazole rings is 1. The van der Waals surface area contributed by atoms with Crippen molar-refractivity contribution >= 4 is 17.7 Å². The number of anilines is 1. The van der Waals surface area contributed by atoms with Gasteiger partial charge in [0.15, 0.2) is 11.5 Å². The van der Waals surface area contributed by atoms with E-state index in [4.69, 9.17) is 5.11 Å². The Morgan fingerprint density at radius 1 is 1.28 bits per heavy atom. The summed E-state index contributed by atoms with van der Waals surface area (Å²) in [6.07, 6.45) is 3.59. The van der Waals surface area contributed by atoms with E-state index in [1.165, 1.54) is 12.4 Å². The Morgan fingerprint density at radius 2 is 2.00 bits per heavy atom. The van der Waals surface area contributed by atoms with Crippen LogP contribution in [0.15, 0.2) is 23.4 Å². The molecule has 2 heterocycles. The Labute approximate surface area is 98.9 Å². The summed E-state index contributed by atoms with van der Waals surface area (Å²) < 4.78 is 0. The van der Waals surface area contributed by atoms with E-state index in [9.17, 15) is 14.4 Å². The number of carboxylic acids is 1. The van der Waals surface area contributed by atoms with Gasteiger partial charge in [0.2, 0.25) is 0 Å². The Bertz CT molecular complexity index is 659. The largest absolute Gasteiger partial charge is 0.476 e. The predicted octanol–water partition coefficient (Wildman–Crippen LogP) is -0.557. The third-order valence-electron chi connectivity index (χ3n) is 1.97. The number of nitrogens with zero attached hydrogens (tertiary/aromatic N) is 2. The molecular weight excluding hydrogens is 242 g/mol. The lowest BCUT2D eigenvalue weighted by Gasteiger charge is -2.04.